The molecule has 0 saturated heterocycles. The monoisotopic (exact) mass is 488 g/mol. The lowest BCUT2D eigenvalue weighted by atomic mass is 9.61. The van der Waals surface area contributed by atoms with E-state index in [0.717, 1.165) is 48.9 Å². The standard InChI is InChI=1S/C30H49O3P/c1-6-17-34(33,18-7-2)19-9-10-22(3)27-14-15-28-24(11-8-16-30(27,28)5)12-13-25-20-26(31)21-29(32)23(25)4/h9-10,12-13,22,26-29,31-32H,4,6-8,11,14-21H2,1-3,5H3/t22-,26-,27-,28+,29+,30-/m1/s1. The number of hydrogen-bond acceptors (Lipinski definition) is 3. The number of rotatable bonds is 9. The summed E-state index contributed by atoms with van der Waals surface area (Å²) < 4.78 is 13.2. The van der Waals surface area contributed by atoms with Crippen LogP contribution in [0.1, 0.15) is 85.5 Å². The van der Waals surface area contributed by atoms with Crippen molar-refractivity contribution < 1.29 is 14.8 Å². The molecule has 2 N–H and O–H groups in total. The SMILES string of the molecule is C=C1C(=CC=C2CCC[C@]3(C)[C@@H]([C@H](C)C=CCP(=O)(CCC)CCC)CC[C@@H]23)C[C@@H](O)C[C@@H]1O. The van der Waals surface area contributed by atoms with Crippen LogP contribution in [0.5, 0.6) is 0 Å². The van der Waals surface area contributed by atoms with Crippen LogP contribution in [0.15, 0.2) is 47.6 Å². The van der Waals surface area contributed by atoms with Crippen LogP contribution in [-0.4, -0.2) is 40.9 Å². The van der Waals surface area contributed by atoms with Gasteiger partial charge in [0.25, 0.3) is 0 Å². The van der Waals surface area contributed by atoms with Crippen molar-refractivity contribution in [1.29, 1.82) is 0 Å². The van der Waals surface area contributed by atoms with Gasteiger partial charge in [0.2, 0.25) is 0 Å². The molecular formula is C30H49O3P. The molecule has 3 aliphatic carbocycles. The average molecular weight is 489 g/mol. The molecule has 34 heavy (non-hydrogen) atoms. The highest BCUT2D eigenvalue weighted by Gasteiger charge is 2.50. The third-order valence-corrected chi connectivity index (χ3v) is 12.5. The van der Waals surface area contributed by atoms with Gasteiger partial charge in [-0.05, 0) is 85.7 Å². The summed E-state index contributed by atoms with van der Waals surface area (Å²) in [6.45, 7) is 13.2. The molecule has 0 spiro atoms. The third-order valence-electron chi connectivity index (χ3n) is 9.08. The van der Waals surface area contributed by atoms with E-state index in [1.165, 1.54) is 31.3 Å². The second-order valence-electron chi connectivity index (χ2n) is 11.6. The summed E-state index contributed by atoms with van der Waals surface area (Å²) in [4.78, 5) is 0. The lowest BCUT2D eigenvalue weighted by Crippen LogP contribution is -2.35. The van der Waals surface area contributed by atoms with E-state index in [1.54, 1.807) is 0 Å². The van der Waals surface area contributed by atoms with Gasteiger partial charge >= 0.3 is 0 Å². The predicted molar refractivity (Wildman–Crippen MR) is 146 cm³/mol. The molecule has 3 aliphatic rings. The Kier molecular flexibility index (Phi) is 9.69. The van der Waals surface area contributed by atoms with Crippen molar-refractivity contribution in [1.82, 2.24) is 0 Å². The van der Waals surface area contributed by atoms with E-state index in [0.29, 0.717) is 36.0 Å². The fourth-order valence-corrected chi connectivity index (χ4v) is 10.0. The van der Waals surface area contributed by atoms with Crippen molar-refractivity contribution in [3.8, 4) is 0 Å². The summed E-state index contributed by atoms with van der Waals surface area (Å²) in [6, 6.07) is 0. The van der Waals surface area contributed by atoms with Gasteiger partial charge < -0.3 is 14.8 Å². The molecule has 0 unspecified atom stereocenters. The maximum absolute atomic E-state index is 13.2. The molecular weight excluding hydrogens is 439 g/mol. The third kappa shape index (κ3) is 6.26. The fraction of sp³-hybridized carbons (Fsp3) is 0.733. The predicted octanol–water partition coefficient (Wildman–Crippen LogP) is 7.50. The van der Waals surface area contributed by atoms with Crippen molar-refractivity contribution >= 4 is 7.14 Å². The van der Waals surface area contributed by atoms with E-state index < -0.39 is 19.3 Å². The first-order chi connectivity index (χ1) is 16.1. The Labute approximate surface area is 208 Å². The molecule has 6 atom stereocenters. The van der Waals surface area contributed by atoms with Crippen LogP contribution in [0, 0.1) is 23.2 Å². The Morgan fingerprint density at radius 1 is 1.18 bits per heavy atom. The van der Waals surface area contributed by atoms with Gasteiger partial charge in [0.15, 0.2) is 0 Å². The maximum Gasteiger partial charge on any atom is 0.0913 e. The molecule has 3 fully saturated rings. The molecule has 0 aromatic rings. The highest BCUT2D eigenvalue weighted by molar-refractivity contribution is 7.64. The molecule has 0 radical (unpaired) electrons. The van der Waals surface area contributed by atoms with Crippen LogP contribution >= 0.6 is 7.14 Å². The first-order valence-corrected chi connectivity index (χ1v) is 16.1. The van der Waals surface area contributed by atoms with Crippen molar-refractivity contribution in [2.45, 2.75) is 97.7 Å². The van der Waals surface area contributed by atoms with E-state index in [9.17, 15) is 14.8 Å². The Morgan fingerprint density at radius 3 is 2.56 bits per heavy atom. The fourth-order valence-electron chi connectivity index (χ4n) is 7.32. The molecule has 0 bridgehead atoms. The van der Waals surface area contributed by atoms with E-state index in [-0.39, 0.29) is 0 Å². The number of fused-ring (bicyclic) bond motifs is 1. The molecule has 3 rings (SSSR count). The van der Waals surface area contributed by atoms with Gasteiger partial charge in [-0.2, -0.15) is 0 Å². The smallest absolute Gasteiger partial charge is 0.0913 e. The highest BCUT2D eigenvalue weighted by atomic mass is 31.2. The topological polar surface area (TPSA) is 57.5 Å². The van der Waals surface area contributed by atoms with Crippen LogP contribution in [-0.2, 0) is 4.57 Å². The normalized spacial score (nSPS) is 35.9. The summed E-state index contributed by atoms with van der Waals surface area (Å²) in [5.41, 5.74) is 3.62. The zero-order chi connectivity index (χ0) is 24.9. The summed E-state index contributed by atoms with van der Waals surface area (Å²) in [5, 5.41) is 20.3. The summed E-state index contributed by atoms with van der Waals surface area (Å²) in [6.07, 6.45) is 19.7. The molecule has 192 valence electrons. The average Bonchev–Trinajstić information content (AvgIpc) is 3.13. The molecule has 0 heterocycles. The molecule has 0 amide bonds. The van der Waals surface area contributed by atoms with Crippen molar-refractivity contribution in [3.05, 3.63) is 47.6 Å². The van der Waals surface area contributed by atoms with Gasteiger partial charge in [0.05, 0.1) is 19.3 Å². The lowest BCUT2D eigenvalue weighted by molar-refractivity contribution is 0.0862. The minimum Gasteiger partial charge on any atom is -0.393 e. The molecule has 3 saturated carbocycles. The second-order valence-corrected chi connectivity index (χ2v) is 15.0. The lowest BCUT2D eigenvalue weighted by Gasteiger charge is -2.44. The van der Waals surface area contributed by atoms with Gasteiger partial charge in [0.1, 0.15) is 0 Å². The van der Waals surface area contributed by atoms with Crippen LogP contribution in [0.4, 0.5) is 0 Å². The van der Waals surface area contributed by atoms with Gasteiger partial charge in [-0.25, -0.2) is 0 Å². The zero-order valence-electron chi connectivity index (χ0n) is 22.1. The number of aliphatic hydroxyl groups excluding tert-OH is 2. The van der Waals surface area contributed by atoms with Gasteiger partial charge in [-0.3, -0.25) is 0 Å². The quantitative estimate of drug-likeness (QED) is 0.261. The van der Waals surface area contributed by atoms with Gasteiger partial charge in [-0.15, -0.1) is 0 Å². The molecule has 0 aromatic carbocycles. The first-order valence-electron chi connectivity index (χ1n) is 13.8. The summed E-state index contributed by atoms with van der Waals surface area (Å²) >= 11 is 0. The van der Waals surface area contributed by atoms with E-state index in [2.05, 4.69) is 58.6 Å². The number of aliphatic hydroxyl groups is 2. The Balaban J connectivity index is 1.71. The van der Waals surface area contributed by atoms with Crippen molar-refractivity contribution in [2.75, 3.05) is 18.5 Å². The van der Waals surface area contributed by atoms with Gasteiger partial charge in [-0.1, -0.05) is 64.2 Å². The Morgan fingerprint density at radius 2 is 1.88 bits per heavy atom. The second kappa shape index (κ2) is 11.9. The van der Waals surface area contributed by atoms with Crippen LogP contribution < -0.4 is 0 Å². The van der Waals surface area contributed by atoms with Crippen LogP contribution in [0.3, 0.4) is 0 Å². The largest absolute Gasteiger partial charge is 0.393 e. The minimum absolute atomic E-state index is 0.311. The highest BCUT2D eigenvalue weighted by Crippen LogP contribution is 2.59. The minimum atomic E-state index is -2.04. The molecule has 4 heteroatoms. The van der Waals surface area contributed by atoms with E-state index in [1.807, 2.05) is 0 Å². The van der Waals surface area contributed by atoms with Crippen LogP contribution in [0.25, 0.3) is 0 Å². The van der Waals surface area contributed by atoms with Gasteiger partial charge in [0, 0.05) is 24.9 Å². The van der Waals surface area contributed by atoms with Crippen LogP contribution in [0.2, 0.25) is 0 Å². The Hall–Kier alpha value is -0.890. The zero-order valence-corrected chi connectivity index (χ0v) is 23.0. The summed E-state index contributed by atoms with van der Waals surface area (Å²) in [7, 11) is -2.04. The first kappa shape index (κ1) is 27.7. The Bertz CT molecular complexity index is 843. The summed E-state index contributed by atoms with van der Waals surface area (Å²) in [5.74, 6) is 1.78. The molecule has 3 nitrogen and oxygen atoms in total. The van der Waals surface area contributed by atoms with E-state index >= 15 is 0 Å². The number of hydrogen-bond donors (Lipinski definition) is 2. The maximum atomic E-state index is 13.2. The molecule has 0 aliphatic heterocycles. The molecule has 0 aromatic heterocycles. The van der Waals surface area contributed by atoms with Crippen molar-refractivity contribution in [2.24, 2.45) is 23.2 Å². The van der Waals surface area contributed by atoms with E-state index in [4.69, 9.17) is 0 Å². The van der Waals surface area contributed by atoms with Crippen molar-refractivity contribution in [3.63, 3.8) is 0 Å². The number of allylic oxidation sites excluding steroid dienone is 5.